The summed E-state index contributed by atoms with van der Waals surface area (Å²) in [5.41, 5.74) is 4.74. The first-order chi connectivity index (χ1) is 9.45. The van der Waals surface area contributed by atoms with Crippen molar-refractivity contribution in [1.82, 2.24) is 9.78 Å². The molecule has 0 atom stereocenters. The lowest BCUT2D eigenvalue weighted by atomic mass is 10.3. The number of rotatable bonds is 7. The van der Waals surface area contributed by atoms with Gasteiger partial charge in [-0.25, -0.2) is 4.68 Å². The van der Waals surface area contributed by atoms with Crippen molar-refractivity contribution >= 4 is 29.2 Å². The van der Waals surface area contributed by atoms with Crippen LogP contribution < -0.4 is 16.6 Å². The molecule has 0 aromatic carbocycles. The van der Waals surface area contributed by atoms with E-state index in [1.165, 1.54) is 13.3 Å². The van der Waals surface area contributed by atoms with Crippen LogP contribution in [0.15, 0.2) is 11.0 Å². The minimum atomic E-state index is -0.600. The van der Waals surface area contributed by atoms with Gasteiger partial charge >= 0.3 is 5.97 Å². The van der Waals surface area contributed by atoms with E-state index in [1.54, 1.807) is 0 Å². The second-order valence-corrected chi connectivity index (χ2v) is 4.29. The van der Waals surface area contributed by atoms with Gasteiger partial charge in [-0.15, -0.1) is 0 Å². The normalized spacial score (nSPS) is 10.1. The molecule has 110 valence electrons. The fraction of sp³-hybridized carbons (Fsp3) is 0.455. The second kappa shape index (κ2) is 7.49. The third-order valence-corrected chi connectivity index (χ3v) is 2.77. The van der Waals surface area contributed by atoms with Gasteiger partial charge in [-0.05, 0) is 6.42 Å². The van der Waals surface area contributed by atoms with Gasteiger partial charge in [-0.2, -0.15) is 5.10 Å². The highest BCUT2D eigenvalue weighted by Crippen LogP contribution is 2.15. The van der Waals surface area contributed by atoms with E-state index in [0.717, 1.165) is 4.68 Å². The Hall–Kier alpha value is -2.09. The van der Waals surface area contributed by atoms with Crippen LogP contribution >= 0.6 is 11.6 Å². The molecule has 0 bridgehead atoms. The molecular weight excluding hydrogens is 288 g/mol. The zero-order valence-electron chi connectivity index (χ0n) is 10.9. The number of primary amides is 1. The summed E-state index contributed by atoms with van der Waals surface area (Å²) in [5.74, 6) is -0.998. The number of nitrogens with two attached hydrogens (primary N) is 1. The minimum Gasteiger partial charge on any atom is -0.468 e. The van der Waals surface area contributed by atoms with Gasteiger partial charge in [0, 0.05) is 13.0 Å². The zero-order chi connectivity index (χ0) is 15.1. The summed E-state index contributed by atoms with van der Waals surface area (Å²) >= 11 is 5.89. The molecule has 0 aliphatic heterocycles. The molecule has 8 nitrogen and oxygen atoms in total. The van der Waals surface area contributed by atoms with Crippen LogP contribution in [0.5, 0.6) is 0 Å². The van der Waals surface area contributed by atoms with E-state index in [-0.39, 0.29) is 18.0 Å². The zero-order valence-corrected chi connectivity index (χ0v) is 11.6. The molecule has 0 unspecified atom stereocenters. The Labute approximate surface area is 119 Å². The van der Waals surface area contributed by atoms with E-state index in [0.29, 0.717) is 18.7 Å². The van der Waals surface area contributed by atoms with Crippen LogP contribution in [-0.4, -0.2) is 35.3 Å². The highest BCUT2D eigenvalue weighted by molar-refractivity contribution is 6.32. The van der Waals surface area contributed by atoms with Gasteiger partial charge in [0.05, 0.1) is 19.0 Å². The summed E-state index contributed by atoms with van der Waals surface area (Å²) in [5, 5.41) is 6.60. The highest BCUT2D eigenvalue weighted by atomic mass is 35.5. The van der Waals surface area contributed by atoms with Crippen LogP contribution in [0.4, 0.5) is 5.69 Å². The van der Waals surface area contributed by atoms with E-state index in [2.05, 4.69) is 15.2 Å². The van der Waals surface area contributed by atoms with Crippen molar-refractivity contribution < 1.29 is 14.3 Å². The number of esters is 1. The summed E-state index contributed by atoms with van der Waals surface area (Å²) < 4.78 is 5.35. The number of aromatic nitrogens is 2. The van der Waals surface area contributed by atoms with Crippen molar-refractivity contribution in [3.63, 3.8) is 0 Å². The summed E-state index contributed by atoms with van der Waals surface area (Å²) in [6.45, 7) is 0.113. The molecule has 0 spiro atoms. The predicted molar refractivity (Wildman–Crippen MR) is 72.4 cm³/mol. The van der Waals surface area contributed by atoms with Crippen molar-refractivity contribution in [2.45, 2.75) is 19.4 Å². The molecule has 9 heteroatoms. The molecule has 0 radical (unpaired) electrons. The molecule has 0 saturated heterocycles. The first-order valence-electron chi connectivity index (χ1n) is 5.80. The number of amides is 1. The molecule has 3 N–H and O–H groups in total. The number of methoxy groups -OCH3 is 1. The van der Waals surface area contributed by atoms with Crippen LogP contribution in [-0.2, 0) is 20.9 Å². The van der Waals surface area contributed by atoms with Crippen molar-refractivity contribution in [1.29, 1.82) is 0 Å². The maximum atomic E-state index is 11.8. The molecule has 0 aliphatic carbocycles. The largest absolute Gasteiger partial charge is 0.468 e. The van der Waals surface area contributed by atoms with Crippen molar-refractivity contribution in [3.05, 3.63) is 21.6 Å². The molecule has 0 aliphatic rings. The number of hydrogen-bond donors (Lipinski definition) is 2. The van der Waals surface area contributed by atoms with Gasteiger partial charge in [0.2, 0.25) is 5.91 Å². The molecular formula is C11H15ClN4O4. The minimum absolute atomic E-state index is 0.0806. The Kier molecular flexibility index (Phi) is 5.98. The van der Waals surface area contributed by atoms with Crippen LogP contribution in [0.3, 0.4) is 0 Å². The number of nitrogens with zero attached hydrogens (tertiary/aromatic N) is 2. The summed E-state index contributed by atoms with van der Waals surface area (Å²) in [6.07, 6.45) is 2.07. The number of anilines is 1. The molecule has 1 rings (SSSR count). The summed E-state index contributed by atoms with van der Waals surface area (Å²) in [6, 6.07) is 0. The average Bonchev–Trinajstić information content (AvgIpc) is 2.41. The fourth-order valence-corrected chi connectivity index (χ4v) is 1.59. The van der Waals surface area contributed by atoms with E-state index in [1.807, 2.05) is 0 Å². The molecule has 1 heterocycles. The maximum Gasteiger partial charge on any atom is 0.327 e. The predicted octanol–water partition coefficient (Wildman–Crippen LogP) is -0.253. The lowest BCUT2D eigenvalue weighted by Gasteiger charge is -2.09. The summed E-state index contributed by atoms with van der Waals surface area (Å²) in [4.78, 5) is 33.5. The van der Waals surface area contributed by atoms with Crippen LogP contribution in [0.2, 0.25) is 5.02 Å². The van der Waals surface area contributed by atoms with Crippen LogP contribution in [0.1, 0.15) is 12.8 Å². The second-order valence-electron chi connectivity index (χ2n) is 3.91. The number of carbonyl (C=O) groups is 2. The monoisotopic (exact) mass is 302 g/mol. The Bertz CT molecular complexity index is 558. The number of halogens is 1. The molecule has 1 amide bonds. The Balaban J connectivity index is 2.71. The molecule has 20 heavy (non-hydrogen) atoms. The Morgan fingerprint density at radius 3 is 2.85 bits per heavy atom. The van der Waals surface area contributed by atoms with Crippen molar-refractivity contribution in [2.75, 3.05) is 19.0 Å². The highest BCUT2D eigenvalue weighted by Gasteiger charge is 2.11. The topological polar surface area (TPSA) is 116 Å². The smallest absolute Gasteiger partial charge is 0.327 e. The van der Waals surface area contributed by atoms with E-state index < -0.39 is 17.4 Å². The van der Waals surface area contributed by atoms with Crippen LogP contribution in [0, 0.1) is 0 Å². The number of hydrogen-bond acceptors (Lipinski definition) is 6. The first-order valence-corrected chi connectivity index (χ1v) is 6.18. The van der Waals surface area contributed by atoms with E-state index >= 15 is 0 Å². The lowest BCUT2D eigenvalue weighted by molar-refractivity contribution is -0.141. The first kappa shape index (κ1) is 16.0. The van der Waals surface area contributed by atoms with Gasteiger partial charge in [0.1, 0.15) is 11.6 Å². The van der Waals surface area contributed by atoms with Crippen molar-refractivity contribution in [2.24, 2.45) is 5.73 Å². The van der Waals surface area contributed by atoms with E-state index in [4.69, 9.17) is 17.3 Å². The van der Waals surface area contributed by atoms with Gasteiger partial charge in [-0.3, -0.25) is 14.4 Å². The maximum absolute atomic E-state index is 11.8. The quantitative estimate of drug-likeness (QED) is 0.530. The Morgan fingerprint density at radius 2 is 2.25 bits per heavy atom. The van der Waals surface area contributed by atoms with Crippen LogP contribution in [0.25, 0.3) is 0 Å². The third-order valence-electron chi connectivity index (χ3n) is 2.41. The standard InChI is InChI=1S/C11H15ClN4O4/c1-20-9(18)6-16-11(19)10(12)7(5-15-16)14-4-2-3-8(13)17/h5,14H,2-4,6H2,1H3,(H2,13,17). The lowest BCUT2D eigenvalue weighted by Crippen LogP contribution is -2.28. The molecule has 0 fully saturated rings. The van der Waals surface area contributed by atoms with Crippen molar-refractivity contribution in [3.8, 4) is 0 Å². The Morgan fingerprint density at radius 1 is 1.55 bits per heavy atom. The van der Waals surface area contributed by atoms with Gasteiger partial charge in [-0.1, -0.05) is 11.6 Å². The van der Waals surface area contributed by atoms with Gasteiger partial charge < -0.3 is 15.8 Å². The SMILES string of the molecule is COC(=O)Cn1ncc(NCCCC(N)=O)c(Cl)c1=O. The van der Waals surface area contributed by atoms with Gasteiger partial charge in [0.15, 0.2) is 0 Å². The number of carbonyl (C=O) groups excluding carboxylic acids is 2. The number of nitrogens with one attached hydrogen (secondary N) is 1. The molecule has 1 aromatic heterocycles. The summed E-state index contributed by atoms with van der Waals surface area (Å²) in [7, 11) is 1.21. The molecule has 1 aromatic rings. The molecule has 0 saturated carbocycles. The van der Waals surface area contributed by atoms with Gasteiger partial charge in [0.25, 0.3) is 5.56 Å². The number of ether oxygens (including phenoxy) is 1. The fourth-order valence-electron chi connectivity index (χ4n) is 1.37. The third kappa shape index (κ3) is 4.54. The van der Waals surface area contributed by atoms with E-state index in [9.17, 15) is 14.4 Å². The average molecular weight is 303 g/mol.